The molecule has 0 amide bonds. The van der Waals surface area contributed by atoms with Crippen LogP contribution in [-0.2, 0) is 23.8 Å². The van der Waals surface area contributed by atoms with E-state index in [-0.39, 0.29) is 24.5 Å². The van der Waals surface area contributed by atoms with Crippen LogP contribution in [0.1, 0.15) is 30.5 Å². The monoisotopic (exact) mass is 511 g/mol. The van der Waals surface area contributed by atoms with Crippen LogP contribution in [0.3, 0.4) is 0 Å². The number of halogens is 4. The van der Waals surface area contributed by atoms with Gasteiger partial charge in [0.25, 0.3) is 5.09 Å². The van der Waals surface area contributed by atoms with Crippen LogP contribution in [0.2, 0.25) is 5.02 Å². The minimum atomic E-state index is -4.94. The van der Waals surface area contributed by atoms with Crippen LogP contribution in [0.4, 0.5) is 18.0 Å². The van der Waals surface area contributed by atoms with Crippen molar-refractivity contribution in [1.29, 1.82) is 0 Å². The Hall–Kier alpha value is -3.22. The van der Waals surface area contributed by atoms with Gasteiger partial charge in [-0.05, 0) is 37.1 Å². The van der Waals surface area contributed by atoms with E-state index in [9.17, 15) is 32.9 Å². The third-order valence-electron chi connectivity index (χ3n) is 4.56. The fourth-order valence-electron chi connectivity index (χ4n) is 2.82. The van der Waals surface area contributed by atoms with Crippen LogP contribution in [0.15, 0.2) is 11.6 Å². The first-order valence-corrected chi connectivity index (χ1v) is 9.99. The van der Waals surface area contributed by atoms with Gasteiger partial charge < -0.3 is 23.8 Å². The summed E-state index contributed by atoms with van der Waals surface area (Å²) in [6.45, 7) is 4.39. The highest BCUT2D eigenvalue weighted by Crippen LogP contribution is 2.41. The molecule has 10 nitrogen and oxygen atoms in total. The number of fused-ring (bicyclic) bond motifs is 1. The first kappa shape index (κ1) is 27.0. The van der Waals surface area contributed by atoms with Gasteiger partial charge in [-0.1, -0.05) is 25.4 Å². The number of esters is 1. The molecule has 0 fully saturated rings. The number of benzene rings is 1. The third-order valence-corrected chi connectivity index (χ3v) is 5.14. The van der Waals surface area contributed by atoms with E-state index < -0.39 is 47.3 Å². The second kappa shape index (κ2) is 10.4. The van der Waals surface area contributed by atoms with Gasteiger partial charge in [-0.2, -0.15) is 13.2 Å². The van der Waals surface area contributed by atoms with E-state index in [0.29, 0.717) is 16.1 Å². The number of carbonyl (C=O) groups is 2. The molecule has 0 N–H and O–H groups in total. The van der Waals surface area contributed by atoms with Crippen molar-refractivity contribution in [2.24, 2.45) is 5.41 Å². The summed E-state index contributed by atoms with van der Waals surface area (Å²) in [5.41, 5.74) is -0.720. The maximum Gasteiger partial charge on any atom is 0.511 e. The number of alkyl halides is 3. The zero-order valence-electron chi connectivity index (χ0n) is 18.5. The van der Waals surface area contributed by atoms with E-state index in [1.165, 1.54) is 19.9 Å². The summed E-state index contributed by atoms with van der Waals surface area (Å²) >= 11 is 6.15. The number of rotatable bonds is 8. The molecule has 1 aromatic carbocycles. The van der Waals surface area contributed by atoms with Crippen LogP contribution in [-0.4, -0.2) is 49.5 Å². The molecule has 0 unspecified atom stereocenters. The lowest BCUT2D eigenvalue weighted by Crippen LogP contribution is -2.41. The molecule has 1 aliphatic heterocycles. The summed E-state index contributed by atoms with van der Waals surface area (Å²) in [6.07, 6.45) is -7.90. The molecule has 0 aliphatic carbocycles. The predicted molar refractivity (Wildman–Crippen MR) is 109 cm³/mol. The minimum absolute atomic E-state index is 0.0956. The average molecular weight is 512 g/mol. The van der Waals surface area contributed by atoms with Gasteiger partial charge in [-0.15, -0.1) is 10.1 Å². The number of hydrogen-bond donors (Lipinski definition) is 0. The van der Waals surface area contributed by atoms with Crippen LogP contribution in [0.25, 0.3) is 6.08 Å². The first-order valence-electron chi connectivity index (χ1n) is 9.61. The molecule has 1 aromatic rings. The predicted octanol–water partition coefficient (Wildman–Crippen LogP) is 4.55. The summed E-state index contributed by atoms with van der Waals surface area (Å²) in [7, 11) is 0. The van der Waals surface area contributed by atoms with Crippen molar-refractivity contribution in [3.05, 3.63) is 43.5 Å². The summed E-state index contributed by atoms with van der Waals surface area (Å²) in [4.78, 5) is 38.4. The molecule has 1 heterocycles. The van der Waals surface area contributed by atoms with Gasteiger partial charge in [0.2, 0.25) is 12.9 Å². The molecule has 0 saturated heterocycles. The van der Waals surface area contributed by atoms with E-state index in [4.69, 9.17) is 21.1 Å². The van der Waals surface area contributed by atoms with E-state index in [2.05, 4.69) is 14.3 Å². The second-order valence-electron chi connectivity index (χ2n) is 8.08. The van der Waals surface area contributed by atoms with Gasteiger partial charge in [-0.3, -0.25) is 0 Å². The zero-order chi connectivity index (χ0) is 25.8. The Bertz CT molecular complexity index is 1010. The Kier molecular flexibility index (Phi) is 8.24. The highest BCUT2D eigenvalue weighted by atomic mass is 35.5. The summed E-state index contributed by atoms with van der Waals surface area (Å²) in [5, 5.41) is 9.53. The molecular weight excluding hydrogens is 491 g/mol. The van der Waals surface area contributed by atoms with Crippen LogP contribution >= 0.6 is 11.6 Å². The molecule has 0 bridgehead atoms. The van der Waals surface area contributed by atoms with Gasteiger partial charge in [0, 0.05) is 16.0 Å². The molecule has 0 saturated carbocycles. The highest BCUT2D eigenvalue weighted by Gasteiger charge is 2.49. The standard InChI is InChI=1S/C20H21ClF3NO9/c1-10-5-14-12(11(2)15(10)21)6-13(16(34-14)20(22,23)24)17(26)31-9-32-18(27)30-7-19(3,4)8-33-25(28)29/h5-6,16H,7-9H2,1-4H3/t16-/m0/s1. The first-order chi connectivity index (χ1) is 15.6. The summed E-state index contributed by atoms with van der Waals surface area (Å²) in [6, 6.07) is 1.33. The van der Waals surface area contributed by atoms with Gasteiger partial charge in [0.15, 0.2) is 0 Å². The number of carbonyl (C=O) groups excluding carboxylic acids is 2. The second-order valence-corrected chi connectivity index (χ2v) is 8.46. The fraction of sp³-hybridized carbons (Fsp3) is 0.500. The number of hydrogen-bond acceptors (Lipinski definition) is 9. The molecular formula is C20H21ClF3NO9. The Balaban J connectivity index is 2.04. The Morgan fingerprint density at radius 1 is 1.18 bits per heavy atom. The van der Waals surface area contributed by atoms with Crippen molar-refractivity contribution in [2.75, 3.05) is 20.0 Å². The van der Waals surface area contributed by atoms with E-state index >= 15 is 0 Å². The van der Waals surface area contributed by atoms with Gasteiger partial charge in [0.05, 0.1) is 5.57 Å². The normalized spacial score (nSPS) is 15.4. The topological polar surface area (TPSA) is 123 Å². The zero-order valence-corrected chi connectivity index (χ0v) is 19.2. The quantitative estimate of drug-likeness (QED) is 0.214. The third kappa shape index (κ3) is 6.89. The smallest absolute Gasteiger partial charge is 0.475 e. The maximum absolute atomic E-state index is 13.5. The van der Waals surface area contributed by atoms with Crippen LogP contribution < -0.4 is 4.74 Å². The lowest BCUT2D eigenvalue weighted by atomic mass is 9.96. The highest BCUT2D eigenvalue weighted by molar-refractivity contribution is 6.32. The SMILES string of the molecule is Cc1cc2c(c(C)c1Cl)C=C(C(=O)OCOC(=O)OCC(C)(C)CO[N+](=O)[O-])[C@@H](C(F)(F)F)O2. The van der Waals surface area contributed by atoms with Gasteiger partial charge >= 0.3 is 18.3 Å². The Morgan fingerprint density at radius 3 is 2.41 bits per heavy atom. The van der Waals surface area contributed by atoms with Crippen molar-refractivity contribution in [2.45, 2.75) is 40.0 Å². The molecule has 1 aliphatic rings. The molecule has 1 atom stereocenters. The van der Waals surface area contributed by atoms with Crippen LogP contribution in [0.5, 0.6) is 5.75 Å². The average Bonchev–Trinajstić information content (AvgIpc) is 2.73. The molecule has 188 valence electrons. The van der Waals surface area contributed by atoms with E-state index in [0.717, 1.165) is 6.08 Å². The van der Waals surface area contributed by atoms with E-state index in [1.54, 1.807) is 13.8 Å². The molecule has 14 heteroatoms. The molecule has 0 spiro atoms. The molecule has 0 aromatic heterocycles. The fourth-order valence-corrected chi connectivity index (χ4v) is 2.98. The molecule has 2 rings (SSSR count). The Labute approximate surface area is 196 Å². The number of nitrogens with zero attached hydrogens (tertiary/aromatic N) is 1. The van der Waals surface area contributed by atoms with Crippen molar-refractivity contribution in [1.82, 2.24) is 0 Å². The molecule has 34 heavy (non-hydrogen) atoms. The van der Waals surface area contributed by atoms with Crippen molar-refractivity contribution in [3.63, 3.8) is 0 Å². The minimum Gasteiger partial charge on any atom is -0.475 e. The Morgan fingerprint density at radius 2 is 1.82 bits per heavy atom. The van der Waals surface area contributed by atoms with Crippen LogP contribution in [0, 0.1) is 29.4 Å². The number of aryl methyl sites for hydroxylation is 1. The lowest BCUT2D eigenvalue weighted by Gasteiger charge is -2.29. The lowest BCUT2D eigenvalue weighted by molar-refractivity contribution is -0.760. The van der Waals surface area contributed by atoms with E-state index in [1.807, 2.05) is 0 Å². The maximum atomic E-state index is 13.5. The molecule has 0 radical (unpaired) electrons. The van der Waals surface area contributed by atoms with Crippen molar-refractivity contribution >= 4 is 29.8 Å². The summed E-state index contributed by atoms with van der Waals surface area (Å²) in [5.74, 6) is -1.53. The van der Waals surface area contributed by atoms with Crippen molar-refractivity contribution < 1.29 is 51.6 Å². The van der Waals surface area contributed by atoms with Crippen molar-refractivity contribution in [3.8, 4) is 5.75 Å². The van der Waals surface area contributed by atoms with Gasteiger partial charge in [0.1, 0.15) is 19.0 Å². The largest absolute Gasteiger partial charge is 0.511 e. The number of ether oxygens (including phenoxy) is 4. The summed E-state index contributed by atoms with van der Waals surface area (Å²) < 4.78 is 59.6. The van der Waals surface area contributed by atoms with Gasteiger partial charge in [-0.25, -0.2) is 9.59 Å².